The molecule has 0 aromatic heterocycles. The second kappa shape index (κ2) is 4.39. The van der Waals surface area contributed by atoms with E-state index in [1.54, 1.807) is 4.90 Å². The van der Waals surface area contributed by atoms with E-state index in [-0.39, 0.29) is 5.91 Å². The smallest absolute Gasteiger partial charge is 0.316 e. The minimum absolute atomic E-state index is 0.316. The molecule has 96 valence electrons. The van der Waals surface area contributed by atoms with Crippen molar-refractivity contribution in [3.63, 3.8) is 0 Å². The molecule has 4 nitrogen and oxygen atoms in total. The first-order chi connectivity index (χ1) is 9.18. The Morgan fingerprint density at radius 2 is 1.89 bits per heavy atom. The molecule has 0 aliphatic carbocycles. The molecule has 2 aromatic carbocycles. The van der Waals surface area contributed by atoms with Crippen molar-refractivity contribution < 1.29 is 14.7 Å². The predicted molar refractivity (Wildman–Crippen MR) is 72.0 cm³/mol. The molecule has 0 saturated carbocycles. The summed E-state index contributed by atoms with van der Waals surface area (Å²) in [6, 6.07) is 13.5. The van der Waals surface area contributed by atoms with Gasteiger partial charge < -0.3 is 10.0 Å². The Labute approximate surface area is 110 Å². The minimum atomic E-state index is -1.03. The van der Waals surface area contributed by atoms with E-state index in [4.69, 9.17) is 5.11 Å². The summed E-state index contributed by atoms with van der Waals surface area (Å²) in [7, 11) is 0. The van der Waals surface area contributed by atoms with Gasteiger partial charge in [0, 0.05) is 11.9 Å². The van der Waals surface area contributed by atoms with Crippen LogP contribution in [0.2, 0.25) is 0 Å². The summed E-state index contributed by atoms with van der Waals surface area (Å²) in [4.78, 5) is 24.7. The molecular formula is C15H13NO3. The Balaban J connectivity index is 2.06. The van der Waals surface area contributed by atoms with Crippen LogP contribution in [0, 0.1) is 5.92 Å². The summed E-state index contributed by atoms with van der Waals surface area (Å²) in [5.74, 6) is -2.25. The maximum Gasteiger partial charge on any atom is 0.316 e. The minimum Gasteiger partial charge on any atom is -0.481 e. The number of nitrogens with zero attached hydrogens (tertiary/aromatic N) is 1. The van der Waals surface area contributed by atoms with E-state index in [2.05, 4.69) is 0 Å². The second-order valence-electron chi connectivity index (χ2n) is 4.67. The third-order valence-corrected chi connectivity index (χ3v) is 3.56. The number of aliphatic carboxylic acids is 1. The molecule has 0 unspecified atom stereocenters. The second-order valence-corrected chi connectivity index (χ2v) is 4.67. The first kappa shape index (κ1) is 11.7. The van der Waals surface area contributed by atoms with E-state index < -0.39 is 11.9 Å². The highest BCUT2D eigenvalue weighted by Crippen LogP contribution is 2.31. The van der Waals surface area contributed by atoms with Crippen LogP contribution in [0.1, 0.15) is 6.42 Å². The summed E-state index contributed by atoms with van der Waals surface area (Å²) < 4.78 is 0. The highest BCUT2D eigenvalue weighted by molar-refractivity contribution is 6.11. The van der Waals surface area contributed by atoms with Crippen molar-refractivity contribution in [3.05, 3.63) is 42.5 Å². The summed E-state index contributed by atoms with van der Waals surface area (Å²) in [6.07, 6.45) is 0.372. The van der Waals surface area contributed by atoms with Crippen LogP contribution >= 0.6 is 0 Å². The Morgan fingerprint density at radius 1 is 1.16 bits per heavy atom. The van der Waals surface area contributed by atoms with Crippen LogP contribution < -0.4 is 4.90 Å². The lowest BCUT2D eigenvalue weighted by molar-refractivity contribution is -0.144. The third-order valence-electron chi connectivity index (χ3n) is 3.56. The van der Waals surface area contributed by atoms with E-state index in [9.17, 15) is 9.59 Å². The molecule has 1 N–H and O–H groups in total. The van der Waals surface area contributed by atoms with Gasteiger partial charge in [-0.2, -0.15) is 0 Å². The number of carboxylic acids is 1. The molecule has 0 spiro atoms. The van der Waals surface area contributed by atoms with Gasteiger partial charge >= 0.3 is 5.97 Å². The molecule has 19 heavy (non-hydrogen) atoms. The van der Waals surface area contributed by atoms with Gasteiger partial charge in [0.25, 0.3) is 0 Å². The summed E-state index contributed by atoms with van der Waals surface area (Å²) in [5.41, 5.74) is 0.798. The SMILES string of the molecule is O=C(O)[C@@H]1CCN(c2cccc3ccccc23)C1=O. The number of hydrogen-bond acceptors (Lipinski definition) is 2. The van der Waals surface area contributed by atoms with Crippen molar-refractivity contribution in [1.82, 2.24) is 0 Å². The van der Waals surface area contributed by atoms with Crippen LogP contribution in [0.3, 0.4) is 0 Å². The van der Waals surface area contributed by atoms with Gasteiger partial charge in [-0.3, -0.25) is 9.59 Å². The molecular weight excluding hydrogens is 242 g/mol. The normalized spacial score (nSPS) is 19.1. The van der Waals surface area contributed by atoms with Crippen molar-refractivity contribution in [2.45, 2.75) is 6.42 Å². The van der Waals surface area contributed by atoms with Gasteiger partial charge in [0.1, 0.15) is 5.92 Å². The van der Waals surface area contributed by atoms with E-state index in [1.807, 2.05) is 42.5 Å². The Hall–Kier alpha value is -2.36. The number of carbonyl (C=O) groups is 2. The standard InChI is InChI=1S/C15H13NO3/c17-14-12(15(18)19)8-9-16(14)13-7-3-5-10-4-1-2-6-11(10)13/h1-7,12H,8-9H2,(H,18,19)/t12-/m1/s1. The molecule has 1 aliphatic heterocycles. The largest absolute Gasteiger partial charge is 0.481 e. The van der Waals surface area contributed by atoms with Crippen LogP contribution in [0.25, 0.3) is 10.8 Å². The van der Waals surface area contributed by atoms with Crippen LogP contribution in [-0.4, -0.2) is 23.5 Å². The highest BCUT2D eigenvalue weighted by atomic mass is 16.4. The molecule has 1 atom stereocenters. The maximum absolute atomic E-state index is 12.1. The number of fused-ring (bicyclic) bond motifs is 1. The number of rotatable bonds is 2. The lowest BCUT2D eigenvalue weighted by atomic mass is 10.1. The molecule has 3 rings (SSSR count). The molecule has 1 fully saturated rings. The van der Waals surface area contributed by atoms with Gasteiger partial charge in [-0.15, -0.1) is 0 Å². The van der Waals surface area contributed by atoms with Crippen LogP contribution in [0.4, 0.5) is 5.69 Å². The van der Waals surface area contributed by atoms with Gasteiger partial charge in [-0.05, 0) is 17.9 Å². The molecule has 1 saturated heterocycles. The zero-order valence-corrected chi connectivity index (χ0v) is 10.2. The van der Waals surface area contributed by atoms with Crippen molar-refractivity contribution in [3.8, 4) is 0 Å². The lowest BCUT2D eigenvalue weighted by Gasteiger charge is -2.18. The topological polar surface area (TPSA) is 57.6 Å². The van der Waals surface area contributed by atoms with E-state index >= 15 is 0 Å². The summed E-state index contributed by atoms with van der Waals surface area (Å²) in [6.45, 7) is 0.462. The quantitative estimate of drug-likeness (QED) is 0.837. The average molecular weight is 255 g/mol. The number of hydrogen-bond donors (Lipinski definition) is 1. The fourth-order valence-corrected chi connectivity index (χ4v) is 2.59. The Morgan fingerprint density at radius 3 is 2.63 bits per heavy atom. The monoisotopic (exact) mass is 255 g/mol. The predicted octanol–water partition coefficient (Wildman–Crippen LogP) is 2.28. The molecule has 0 radical (unpaired) electrons. The lowest BCUT2D eigenvalue weighted by Crippen LogP contribution is -2.30. The fraction of sp³-hybridized carbons (Fsp3) is 0.200. The van der Waals surface area contributed by atoms with Crippen molar-refractivity contribution in [1.29, 1.82) is 0 Å². The number of benzene rings is 2. The zero-order chi connectivity index (χ0) is 13.4. The Kier molecular flexibility index (Phi) is 2.71. The fourth-order valence-electron chi connectivity index (χ4n) is 2.59. The van der Waals surface area contributed by atoms with E-state index in [1.165, 1.54) is 0 Å². The van der Waals surface area contributed by atoms with E-state index in [0.29, 0.717) is 13.0 Å². The van der Waals surface area contributed by atoms with Crippen molar-refractivity contribution in [2.75, 3.05) is 11.4 Å². The zero-order valence-electron chi connectivity index (χ0n) is 10.2. The summed E-state index contributed by atoms with van der Waals surface area (Å²) >= 11 is 0. The van der Waals surface area contributed by atoms with Gasteiger partial charge in [0.05, 0.1) is 5.69 Å². The number of carbonyl (C=O) groups excluding carboxylic acids is 1. The van der Waals surface area contributed by atoms with E-state index in [0.717, 1.165) is 16.5 Å². The van der Waals surface area contributed by atoms with Crippen LogP contribution in [0.15, 0.2) is 42.5 Å². The molecule has 1 heterocycles. The molecule has 1 aliphatic rings. The average Bonchev–Trinajstić information content (AvgIpc) is 2.80. The molecule has 0 bridgehead atoms. The first-order valence-corrected chi connectivity index (χ1v) is 6.20. The molecule has 2 aromatic rings. The first-order valence-electron chi connectivity index (χ1n) is 6.20. The van der Waals surface area contributed by atoms with Gasteiger partial charge in [0.15, 0.2) is 0 Å². The van der Waals surface area contributed by atoms with Crippen molar-refractivity contribution >= 4 is 28.3 Å². The number of carboxylic acid groups (broad SMARTS) is 1. The third kappa shape index (κ3) is 1.85. The highest BCUT2D eigenvalue weighted by Gasteiger charge is 2.37. The van der Waals surface area contributed by atoms with Crippen LogP contribution in [0.5, 0.6) is 0 Å². The Bertz CT molecular complexity index is 660. The van der Waals surface area contributed by atoms with Gasteiger partial charge in [0.2, 0.25) is 5.91 Å². The van der Waals surface area contributed by atoms with Gasteiger partial charge in [-0.25, -0.2) is 0 Å². The molecule has 1 amide bonds. The number of amides is 1. The summed E-state index contributed by atoms with van der Waals surface area (Å²) in [5, 5.41) is 11.0. The maximum atomic E-state index is 12.1. The number of anilines is 1. The van der Waals surface area contributed by atoms with Crippen LogP contribution in [-0.2, 0) is 9.59 Å². The van der Waals surface area contributed by atoms with Gasteiger partial charge in [-0.1, -0.05) is 36.4 Å². The molecule has 4 heteroatoms. The van der Waals surface area contributed by atoms with Crippen molar-refractivity contribution in [2.24, 2.45) is 5.92 Å².